The summed E-state index contributed by atoms with van der Waals surface area (Å²) in [6, 6.07) is 12.1. The van der Waals surface area contributed by atoms with Crippen molar-refractivity contribution in [2.75, 3.05) is 18.0 Å². The van der Waals surface area contributed by atoms with Gasteiger partial charge in [0.25, 0.3) is 0 Å². The number of aromatic nitrogens is 3. The molecular weight excluding hydrogens is 317 g/mol. The molecule has 5 nitrogen and oxygen atoms in total. The number of rotatable bonds is 3. The molecule has 25 heavy (non-hydrogen) atoms. The topological polar surface area (TPSA) is 45.2 Å². The van der Waals surface area contributed by atoms with Gasteiger partial charge in [0.15, 0.2) is 0 Å². The van der Waals surface area contributed by atoms with Crippen LogP contribution in [0.2, 0.25) is 0 Å². The third kappa shape index (κ3) is 2.44. The molecule has 1 aromatic carbocycles. The number of pyridine rings is 1. The first-order chi connectivity index (χ1) is 12.3. The Morgan fingerprint density at radius 3 is 2.68 bits per heavy atom. The molecule has 3 fully saturated rings. The molecule has 0 radical (unpaired) electrons. The number of halogens is 1. The van der Waals surface area contributed by atoms with Crippen molar-refractivity contribution in [1.29, 1.82) is 0 Å². The molecule has 0 saturated carbocycles. The predicted molar refractivity (Wildman–Crippen MR) is 93.7 cm³/mol. The third-order valence-corrected chi connectivity index (χ3v) is 5.24. The average Bonchev–Trinajstić information content (AvgIpc) is 2.64. The minimum Gasteiger partial charge on any atom is -0.347 e. The van der Waals surface area contributed by atoms with Gasteiger partial charge in [0.1, 0.15) is 18.0 Å². The van der Waals surface area contributed by atoms with Crippen LogP contribution in [0.1, 0.15) is 12.1 Å². The van der Waals surface area contributed by atoms with Crippen molar-refractivity contribution in [3.05, 3.63) is 60.4 Å². The summed E-state index contributed by atoms with van der Waals surface area (Å²) < 4.78 is 13.9. The first-order valence-electron chi connectivity index (χ1n) is 8.59. The average molecular weight is 335 g/mol. The summed E-state index contributed by atoms with van der Waals surface area (Å²) in [7, 11) is 0. The van der Waals surface area contributed by atoms with E-state index < -0.39 is 0 Å². The van der Waals surface area contributed by atoms with E-state index in [1.807, 2.05) is 18.2 Å². The Labute approximate surface area is 145 Å². The van der Waals surface area contributed by atoms with Crippen LogP contribution in [0.15, 0.2) is 48.9 Å². The second-order valence-electron chi connectivity index (χ2n) is 6.79. The van der Waals surface area contributed by atoms with E-state index in [9.17, 15) is 4.39 Å². The summed E-state index contributed by atoms with van der Waals surface area (Å²) in [6.07, 6.45) is 4.47. The number of hydrogen-bond donors (Lipinski definition) is 0. The van der Waals surface area contributed by atoms with E-state index in [0.717, 1.165) is 29.8 Å². The van der Waals surface area contributed by atoms with Crippen LogP contribution in [0.4, 0.5) is 10.2 Å². The van der Waals surface area contributed by atoms with Gasteiger partial charge in [0.05, 0.1) is 11.2 Å². The number of nitrogens with zero attached hydrogens (tertiary/aromatic N) is 5. The van der Waals surface area contributed by atoms with E-state index in [2.05, 4.69) is 30.8 Å². The molecule has 2 aromatic heterocycles. The molecule has 0 amide bonds. The van der Waals surface area contributed by atoms with Crippen molar-refractivity contribution in [3.8, 4) is 0 Å². The van der Waals surface area contributed by atoms with Crippen molar-refractivity contribution >= 4 is 16.7 Å². The maximum Gasteiger partial charge on any atom is 0.146 e. The molecule has 0 spiro atoms. The first-order valence-corrected chi connectivity index (χ1v) is 8.59. The van der Waals surface area contributed by atoms with Crippen LogP contribution in [0.25, 0.3) is 10.9 Å². The zero-order valence-electron chi connectivity index (χ0n) is 13.7. The number of fused-ring (bicyclic) bond motifs is 3. The van der Waals surface area contributed by atoms with Crippen molar-refractivity contribution in [1.82, 2.24) is 19.9 Å². The number of anilines is 1. The third-order valence-electron chi connectivity index (χ3n) is 5.24. The van der Waals surface area contributed by atoms with Gasteiger partial charge < -0.3 is 4.90 Å². The van der Waals surface area contributed by atoms with Crippen LogP contribution in [-0.2, 0) is 6.54 Å². The molecule has 6 rings (SSSR count). The molecule has 3 saturated heterocycles. The van der Waals surface area contributed by atoms with Gasteiger partial charge in [0, 0.05) is 43.3 Å². The highest BCUT2D eigenvalue weighted by molar-refractivity contribution is 5.89. The zero-order valence-corrected chi connectivity index (χ0v) is 13.7. The zero-order chi connectivity index (χ0) is 16.8. The summed E-state index contributed by atoms with van der Waals surface area (Å²) in [5.41, 5.74) is 1.51. The van der Waals surface area contributed by atoms with E-state index in [0.29, 0.717) is 24.3 Å². The molecule has 6 heteroatoms. The fourth-order valence-electron chi connectivity index (χ4n) is 4.11. The molecule has 2 bridgehead atoms. The van der Waals surface area contributed by atoms with Crippen molar-refractivity contribution in [2.24, 2.45) is 0 Å². The van der Waals surface area contributed by atoms with Crippen molar-refractivity contribution in [3.63, 3.8) is 0 Å². The first kappa shape index (κ1) is 14.7. The summed E-state index contributed by atoms with van der Waals surface area (Å²) >= 11 is 0. The molecule has 3 aliphatic heterocycles. The Kier molecular flexibility index (Phi) is 3.38. The smallest absolute Gasteiger partial charge is 0.146 e. The molecule has 126 valence electrons. The standard InChI is InChI=1S/C19H18FN5/c20-16-5-3-7-21-18(16)11-24-9-13-8-14(10-24)25(13)19-15-4-1-2-6-17(15)22-12-23-19/h1-7,12-14H,8-11H2. The van der Waals surface area contributed by atoms with Gasteiger partial charge in [-0.3, -0.25) is 9.88 Å². The van der Waals surface area contributed by atoms with Crippen LogP contribution in [-0.4, -0.2) is 45.0 Å². The maximum absolute atomic E-state index is 13.9. The van der Waals surface area contributed by atoms with E-state index in [1.165, 1.54) is 12.5 Å². The van der Waals surface area contributed by atoms with Gasteiger partial charge in [-0.2, -0.15) is 0 Å². The lowest BCUT2D eigenvalue weighted by Gasteiger charge is -2.57. The maximum atomic E-state index is 13.9. The summed E-state index contributed by atoms with van der Waals surface area (Å²) in [5.74, 6) is 0.802. The minimum absolute atomic E-state index is 0.222. The highest BCUT2D eigenvalue weighted by Crippen LogP contribution is 2.38. The lowest BCUT2D eigenvalue weighted by Crippen LogP contribution is -2.69. The molecule has 0 N–H and O–H groups in total. The van der Waals surface area contributed by atoms with Crippen molar-refractivity contribution < 1.29 is 4.39 Å². The summed E-state index contributed by atoms with van der Waals surface area (Å²) in [5, 5.41) is 1.10. The summed E-state index contributed by atoms with van der Waals surface area (Å²) in [4.78, 5) is 17.8. The van der Waals surface area contributed by atoms with Crippen molar-refractivity contribution in [2.45, 2.75) is 25.0 Å². The molecular formula is C19H18FN5. The van der Waals surface area contributed by atoms with Crippen LogP contribution >= 0.6 is 0 Å². The lowest BCUT2D eigenvalue weighted by atomic mass is 9.87. The Balaban J connectivity index is 1.37. The molecule has 3 aliphatic rings. The number of hydrogen-bond acceptors (Lipinski definition) is 5. The van der Waals surface area contributed by atoms with Crippen LogP contribution in [0.3, 0.4) is 0 Å². The number of piperidine rings is 1. The Morgan fingerprint density at radius 1 is 1.00 bits per heavy atom. The fraction of sp³-hybridized carbons (Fsp3) is 0.316. The molecule has 0 aliphatic carbocycles. The predicted octanol–water partition coefficient (Wildman–Crippen LogP) is 2.63. The van der Waals surface area contributed by atoms with E-state index in [1.54, 1.807) is 18.6 Å². The molecule has 5 heterocycles. The van der Waals surface area contributed by atoms with Crippen LogP contribution in [0.5, 0.6) is 0 Å². The van der Waals surface area contributed by atoms with Gasteiger partial charge >= 0.3 is 0 Å². The van der Waals surface area contributed by atoms with E-state index in [4.69, 9.17) is 0 Å². The van der Waals surface area contributed by atoms with Gasteiger partial charge in [-0.25, -0.2) is 14.4 Å². The molecule has 2 atom stereocenters. The highest BCUT2D eigenvalue weighted by Gasteiger charge is 2.45. The Hall–Kier alpha value is -2.60. The van der Waals surface area contributed by atoms with Gasteiger partial charge in [-0.05, 0) is 30.7 Å². The van der Waals surface area contributed by atoms with Crippen LogP contribution in [0, 0.1) is 5.82 Å². The van der Waals surface area contributed by atoms with Gasteiger partial charge in [-0.1, -0.05) is 12.1 Å². The van der Waals surface area contributed by atoms with Gasteiger partial charge in [-0.15, -0.1) is 0 Å². The highest BCUT2D eigenvalue weighted by atomic mass is 19.1. The minimum atomic E-state index is -0.222. The van der Waals surface area contributed by atoms with Crippen LogP contribution < -0.4 is 4.90 Å². The Bertz CT molecular complexity index is 913. The lowest BCUT2D eigenvalue weighted by molar-refractivity contribution is 0.106. The van der Waals surface area contributed by atoms with E-state index >= 15 is 0 Å². The van der Waals surface area contributed by atoms with E-state index in [-0.39, 0.29) is 5.82 Å². The van der Waals surface area contributed by atoms with Gasteiger partial charge in [0.2, 0.25) is 0 Å². The number of piperazine rings is 1. The quantitative estimate of drug-likeness (QED) is 0.736. The fourth-order valence-corrected chi connectivity index (χ4v) is 4.11. The monoisotopic (exact) mass is 335 g/mol. The Morgan fingerprint density at radius 2 is 1.84 bits per heavy atom. The molecule has 2 unspecified atom stereocenters. The number of para-hydroxylation sites is 1. The SMILES string of the molecule is Fc1cccnc1CN1CC2CC(C1)N2c1ncnc2ccccc12. The second-order valence-corrected chi connectivity index (χ2v) is 6.79. The molecule has 3 aromatic rings. The largest absolute Gasteiger partial charge is 0.347 e. The second kappa shape index (κ2) is 5.74. The summed E-state index contributed by atoms with van der Waals surface area (Å²) in [6.45, 7) is 2.38. The normalized spacial score (nSPS) is 22.8. The number of benzene rings is 1.